The number of carbonyl (C=O) groups excluding carboxylic acids is 3. The minimum atomic E-state index is -0.745. The second-order valence-electron chi connectivity index (χ2n) is 15.6. The smallest absolute Gasteiger partial charge is 0.465 e. The Labute approximate surface area is 304 Å². The van der Waals surface area contributed by atoms with Crippen LogP contribution in [0.15, 0.2) is 24.3 Å². The number of nitrogens with zero attached hydrogens (tertiary/aromatic N) is 1. The predicted molar refractivity (Wildman–Crippen MR) is 200 cm³/mol. The van der Waals surface area contributed by atoms with Gasteiger partial charge in [0.15, 0.2) is 0 Å². The van der Waals surface area contributed by atoms with Crippen LogP contribution in [-0.2, 0) is 28.5 Å². The van der Waals surface area contributed by atoms with Crippen molar-refractivity contribution in [3.05, 3.63) is 24.3 Å². The van der Waals surface area contributed by atoms with Crippen LogP contribution < -0.4 is 0 Å². The Balaban J connectivity index is 1.31. The van der Waals surface area contributed by atoms with Crippen molar-refractivity contribution in [2.75, 3.05) is 46.1 Å². The standard InChI is InChI=1S/C42H71NO7/c1-4-7-8-9-10-11-12-13-14-15-16-17-18-19-20-22-39(44)48-32-38(34-50-41(46)47-24-21-23-43(5-2)6-3)33-49-40(45)31-42-28-35-25-36(29-42)27-37(26-35)30-42/h10-11,13-14,35-38H,4-9,12,15-34H2,1-3H3/b11-10-,14-13-/t35-,36+,37-,38?,42?. The molecule has 0 radical (unpaired) electrons. The summed E-state index contributed by atoms with van der Waals surface area (Å²) in [5.41, 5.74) is 0.0980. The van der Waals surface area contributed by atoms with Crippen LogP contribution in [0.3, 0.4) is 0 Å². The van der Waals surface area contributed by atoms with Gasteiger partial charge in [-0.15, -0.1) is 0 Å². The molecule has 0 saturated heterocycles. The van der Waals surface area contributed by atoms with E-state index in [0.717, 1.165) is 102 Å². The Kier molecular flexibility index (Phi) is 20.8. The van der Waals surface area contributed by atoms with Gasteiger partial charge in [0.2, 0.25) is 0 Å². The van der Waals surface area contributed by atoms with E-state index in [9.17, 15) is 14.4 Å². The molecule has 0 amide bonds. The number of unbranched alkanes of at least 4 members (excludes halogenated alkanes) is 8. The Morgan fingerprint density at radius 2 is 1.22 bits per heavy atom. The third-order valence-corrected chi connectivity index (χ3v) is 11.1. The van der Waals surface area contributed by atoms with Crippen molar-refractivity contribution in [1.29, 1.82) is 0 Å². The van der Waals surface area contributed by atoms with E-state index in [1.165, 1.54) is 51.4 Å². The molecule has 0 aromatic heterocycles. The maximum Gasteiger partial charge on any atom is 0.508 e. The van der Waals surface area contributed by atoms with Gasteiger partial charge in [0, 0.05) is 13.0 Å². The van der Waals surface area contributed by atoms with Crippen molar-refractivity contribution < 1.29 is 33.3 Å². The first-order chi connectivity index (χ1) is 24.3. The van der Waals surface area contributed by atoms with Crippen molar-refractivity contribution in [3.63, 3.8) is 0 Å². The number of esters is 2. The average Bonchev–Trinajstić information content (AvgIpc) is 3.08. The maximum absolute atomic E-state index is 13.1. The molecule has 4 saturated carbocycles. The molecular weight excluding hydrogens is 630 g/mol. The van der Waals surface area contributed by atoms with Crippen LogP contribution in [0, 0.1) is 29.1 Å². The first-order valence-electron chi connectivity index (χ1n) is 20.5. The zero-order valence-corrected chi connectivity index (χ0v) is 32.0. The number of rotatable bonds is 28. The molecule has 0 aromatic carbocycles. The number of carbonyl (C=O) groups is 3. The Morgan fingerprint density at radius 3 is 1.84 bits per heavy atom. The Bertz CT molecular complexity index is 984. The fraction of sp³-hybridized carbons (Fsp3) is 0.833. The second-order valence-corrected chi connectivity index (χ2v) is 15.6. The van der Waals surface area contributed by atoms with Gasteiger partial charge in [0.05, 0.1) is 18.9 Å². The average molecular weight is 702 g/mol. The summed E-state index contributed by atoms with van der Waals surface area (Å²) in [6, 6.07) is 0. The van der Waals surface area contributed by atoms with E-state index < -0.39 is 12.1 Å². The molecule has 0 aromatic rings. The molecule has 4 rings (SSSR count). The van der Waals surface area contributed by atoms with E-state index in [-0.39, 0.29) is 43.8 Å². The van der Waals surface area contributed by atoms with E-state index >= 15 is 0 Å². The molecule has 8 nitrogen and oxygen atoms in total. The highest BCUT2D eigenvalue weighted by molar-refractivity contribution is 5.70. The van der Waals surface area contributed by atoms with Gasteiger partial charge in [0.1, 0.15) is 19.8 Å². The van der Waals surface area contributed by atoms with Crippen LogP contribution in [0.4, 0.5) is 4.79 Å². The van der Waals surface area contributed by atoms with E-state index in [0.29, 0.717) is 12.8 Å². The number of hydrogen-bond donors (Lipinski definition) is 0. The predicted octanol–water partition coefficient (Wildman–Crippen LogP) is 9.99. The largest absolute Gasteiger partial charge is 0.508 e. The molecule has 4 aliphatic rings. The number of hydrogen-bond acceptors (Lipinski definition) is 8. The molecule has 0 heterocycles. The van der Waals surface area contributed by atoms with E-state index in [1.54, 1.807) is 0 Å². The minimum Gasteiger partial charge on any atom is -0.465 e. The van der Waals surface area contributed by atoms with Gasteiger partial charge >= 0.3 is 18.1 Å². The first kappa shape index (κ1) is 42.1. The molecule has 0 spiro atoms. The lowest BCUT2D eigenvalue weighted by Crippen LogP contribution is -2.47. The fourth-order valence-corrected chi connectivity index (χ4v) is 8.79. The summed E-state index contributed by atoms with van der Waals surface area (Å²) in [5, 5.41) is 0. The molecule has 0 aliphatic heterocycles. The van der Waals surface area contributed by atoms with Crippen LogP contribution in [-0.4, -0.2) is 69.1 Å². The zero-order valence-electron chi connectivity index (χ0n) is 32.0. The summed E-state index contributed by atoms with van der Waals surface area (Å²) in [7, 11) is 0. The molecule has 1 atom stereocenters. The SMILES string of the molecule is CCCCC/C=C\C/C=C\CCCCCCCC(=O)OCC(COC(=O)CC12C[C@H]3C[C@@H](C1)C[C@@H](C2)C3)COC(=O)OCCCN(CC)CC. The fourth-order valence-electron chi connectivity index (χ4n) is 8.79. The maximum atomic E-state index is 13.1. The van der Waals surface area contributed by atoms with Crippen molar-refractivity contribution in [3.8, 4) is 0 Å². The first-order valence-corrected chi connectivity index (χ1v) is 20.5. The molecular formula is C42H71NO7. The van der Waals surface area contributed by atoms with E-state index in [4.69, 9.17) is 18.9 Å². The molecule has 286 valence electrons. The van der Waals surface area contributed by atoms with Crippen molar-refractivity contribution in [2.45, 2.75) is 149 Å². The summed E-state index contributed by atoms with van der Waals surface area (Å²) in [6.07, 6.45) is 29.7. The van der Waals surface area contributed by atoms with Gasteiger partial charge in [-0.3, -0.25) is 9.59 Å². The summed E-state index contributed by atoms with van der Waals surface area (Å²) in [5.74, 6) is 1.42. The summed E-state index contributed by atoms with van der Waals surface area (Å²) in [4.78, 5) is 40.2. The monoisotopic (exact) mass is 702 g/mol. The second kappa shape index (κ2) is 24.8. The highest BCUT2D eigenvalue weighted by Crippen LogP contribution is 2.61. The number of ether oxygens (including phenoxy) is 4. The Hall–Kier alpha value is -2.35. The van der Waals surface area contributed by atoms with Gasteiger partial charge in [0.25, 0.3) is 0 Å². The highest BCUT2D eigenvalue weighted by atomic mass is 16.7. The lowest BCUT2D eigenvalue weighted by atomic mass is 9.49. The molecule has 50 heavy (non-hydrogen) atoms. The van der Waals surface area contributed by atoms with Crippen molar-refractivity contribution in [1.82, 2.24) is 4.90 Å². The van der Waals surface area contributed by atoms with Crippen LogP contribution in [0.5, 0.6) is 0 Å². The van der Waals surface area contributed by atoms with Crippen LogP contribution in [0.1, 0.15) is 149 Å². The molecule has 4 bridgehead atoms. The number of allylic oxidation sites excluding steroid dienone is 4. The van der Waals surface area contributed by atoms with Crippen LogP contribution >= 0.6 is 0 Å². The topological polar surface area (TPSA) is 91.4 Å². The molecule has 4 aliphatic carbocycles. The van der Waals surface area contributed by atoms with Crippen molar-refractivity contribution in [2.24, 2.45) is 29.1 Å². The van der Waals surface area contributed by atoms with Gasteiger partial charge in [-0.2, -0.15) is 0 Å². The highest BCUT2D eigenvalue weighted by Gasteiger charge is 2.51. The van der Waals surface area contributed by atoms with Gasteiger partial charge in [-0.1, -0.05) is 77.2 Å². The lowest BCUT2D eigenvalue weighted by Gasteiger charge is -2.56. The third-order valence-electron chi connectivity index (χ3n) is 11.1. The van der Waals surface area contributed by atoms with Gasteiger partial charge in [-0.05, 0) is 120 Å². The lowest BCUT2D eigenvalue weighted by molar-refractivity contribution is -0.155. The minimum absolute atomic E-state index is 0.0313. The summed E-state index contributed by atoms with van der Waals surface area (Å²) >= 11 is 0. The van der Waals surface area contributed by atoms with E-state index in [1.807, 2.05) is 0 Å². The summed E-state index contributed by atoms with van der Waals surface area (Å²) < 4.78 is 22.0. The third kappa shape index (κ3) is 17.2. The van der Waals surface area contributed by atoms with Gasteiger partial charge in [-0.25, -0.2) is 4.79 Å². The zero-order chi connectivity index (χ0) is 35.9. The quantitative estimate of drug-likeness (QED) is 0.0345. The van der Waals surface area contributed by atoms with Crippen LogP contribution in [0.25, 0.3) is 0 Å². The van der Waals surface area contributed by atoms with Crippen molar-refractivity contribution >= 4 is 18.1 Å². The summed E-state index contributed by atoms with van der Waals surface area (Å²) in [6.45, 7) is 9.57. The van der Waals surface area contributed by atoms with E-state index in [2.05, 4.69) is 50.0 Å². The van der Waals surface area contributed by atoms with Crippen LogP contribution in [0.2, 0.25) is 0 Å². The van der Waals surface area contributed by atoms with Gasteiger partial charge < -0.3 is 23.8 Å². The normalized spacial score (nSPS) is 23.2. The molecule has 1 unspecified atom stereocenters. The molecule has 8 heteroatoms. The molecule has 4 fully saturated rings. The molecule has 0 N–H and O–H groups in total. The Morgan fingerprint density at radius 1 is 0.660 bits per heavy atom.